The van der Waals surface area contributed by atoms with E-state index in [0.29, 0.717) is 5.75 Å². The van der Waals surface area contributed by atoms with E-state index in [1.165, 1.54) is 6.92 Å². The molecule has 0 aliphatic carbocycles. The molecule has 0 unspecified atom stereocenters. The Bertz CT molecular complexity index is 689. The highest BCUT2D eigenvalue weighted by Crippen LogP contribution is 2.33. The Hall–Kier alpha value is -2.21. The molecule has 104 valence electrons. The van der Waals surface area contributed by atoms with E-state index in [9.17, 15) is 10.1 Å². The molecule has 0 aliphatic heterocycles. The SMILES string of the molecule is Cc1ccc(Oc2nc(Cl)nc(C)c2[N+](=O)[O-])c(C)c1. The Balaban J connectivity index is 2.50. The molecule has 0 aliphatic rings. The largest absolute Gasteiger partial charge is 0.433 e. The lowest BCUT2D eigenvalue weighted by Gasteiger charge is -2.09. The van der Waals surface area contributed by atoms with Crippen LogP contribution >= 0.6 is 11.6 Å². The molecule has 2 rings (SSSR count). The van der Waals surface area contributed by atoms with Gasteiger partial charge in [-0.1, -0.05) is 17.7 Å². The fourth-order valence-corrected chi connectivity index (χ4v) is 2.01. The van der Waals surface area contributed by atoms with Gasteiger partial charge in [0, 0.05) is 0 Å². The summed E-state index contributed by atoms with van der Waals surface area (Å²) >= 11 is 5.73. The third-order valence-electron chi connectivity index (χ3n) is 2.72. The maximum absolute atomic E-state index is 11.1. The zero-order valence-electron chi connectivity index (χ0n) is 11.2. The molecule has 0 amide bonds. The summed E-state index contributed by atoms with van der Waals surface area (Å²) in [7, 11) is 0. The van der Waals surface area contributed by atoms with Crippen LogP contribution in [0.2, 0.25) is 5.28 Å². The zero-order chi connectivity index (χ0) is 14.9. The Kier molecular flexibility index (Phi) is 3.85. The standard InChI is InChI=1S/C13H12ClN3O3/c1-7-4-5-10(8(2)6-7)20-12-11(17(18)19)9(3)15-13(14)16-12/h4-6H,1-3H3. The lowest BCUT2D eigenvalue weighted by atomic mass is 10.1. The Labute approximate surface area is 120 Å². The highest BCUT2D eigenvalue weighted by atomic mass is 35.5. The lowest BCUT2D eigenvalue weighted by molar-refractivity contribution is -0.386. The molecule has 2 aromatic rings. The number of halogens is 1. The van der Waals surface area contributed by atoms with Crippen molar-refractivity contribution < 1.29 is 9.66 Å². The molecule has 1 aromatic carbocycles. The van der Waals surface area contributed by atoms with E-state index in [-0.39, 0.29) is 22.5 Å². The first-order chi connectivity index (χ1) is 9.38. The van der Waals surface area contributed by atoms with Crippen LogP contribution in [-0.4, -0.2) is 14.9 Å². The quantitative estimate of drug-likeness (QED) is 0.489. The van der Waals surface area contributed by atoms with Crippen LogP contribution in [0, 0.1) is 30.9 Å². The first-order valence-electron chi connectivity index (χ1n) is 5.82. The molecule has 0 atom stereocenters. The van der Waals surface area contributed by atoms with Gasteiger partial charge >= 0.3 is 11.6 Å². The van der Waals surface area contributed by atoms with Gasteiger partial charge in [0.1, 0.15) is 11.4 Å². The molecule has 20 heavy (non-hydrogen) atoms. The number of aryl methyl sites for hydroxylation is 3. The van der Waals surface area contributed by atoms with Crippen molar-refractivity contribution in [3.63, 3.8) is 0 Å². The van der Waals surface area contributed by atoms with Gasteiger partial charge in [-0.05, 0) is 44.0 Å². The fourth-order valence-electron chi connectivity index (χ4n) is 1.81. The van der Waals surface area contributed by atoms with Crippen molar-refractivity contribution in [2.45, 2.75) is 20.8 Å². The minimum Gasteiger partial charge on any atom is -0.433 e. The topological polar surface area (TPSA) is 78.2 Å². The van der Waals surface area contributed by atoms with Crippen molar-refractivity contribution in [2.24, 2.45) is 0 Å². The van der Waals surface area contributed by atoms with E-state index < -0.39 is 4.92 Å². The maximum atomic E-state index is 11.1. The monoisotopic (exact) mass is 293 g/mol. The maximum Gasteiger partial charge on any atom is 0.352 e. The minimum atomic E-state index is -0.579. The molecule has 7 heteroatoms. The van der Waals surface area contributed by atoms with Crippen molar-refractivity contribution in [3.8, 4) is 11.6 Å². The third kappa shape index (κ3) is 2.85. The summed E-state index contributed by atoms with van der Waals surface area (Å²) in [5, 5.41) is 11.0. The minimum absolute atomic E-state index is 0.0899. The van der Waals surface area contributed by atoms with Crippen molar-refractivity contribution in [1.82, 2.24) is 9.97 Å². The molecule has 1 aromatic heterocycles. The molecule has 0 saturated heterocycles. The smallest absolute Gasteiger partial charge is 0.352 e. The van der Waals surface area contributed by atoms with Gasteiger partial charge in [-0.15, -0.1) is 0 Å². The molecule has 0 bridgehead atoms. The molecular weight excluding hydrogens is 282 g/mol. The summed E-state index contributed by atoms with van der Waals surface area (Å²) < 4.78 is 5.54. The van der Waals surface area contributed by atoms with Crippen LogP contribution in [0.25, 0.3) is 0 Å². The summed E-state index contributed by atoms with van der Waals surface area (Å²) in [4.78, 5) is 18.1. The van der Waals surface area contributed by atoms with Gasteiger partial charge in [-0.3, -0.25) is 10.1 Å². The Morgan fingerprint density at radius 2 is 1.95 bits per heavy atom. The van der Waals surface area contributed by atoms with Gasteiger partial charge in [0.15, 0.2) is 0 Å². The second kappa shape index (κ2) is 5.42. The lowest BCUT2D eigenvalue weighted by Crippen LogP contribution is -2.02. The second-order valence-electron chi connectivity index (χ2n) is 4.36. The van der Waals surface area contributed by atoms with Gasteiger partial charge in [-0.2, -0.15) is 4.98 Å². The van der Waals surface area contributed by atoms with Crippen LogP contribution in [0.3, 0.4) is 0 Å². The summed E-state index contributed by atoms with van der Waals surface area (Å²) in [5.74, 6) is 0.340. The number of hydrogen-bond donors (Lipinski definition) is 0. The predicted molar refractivity (Wildman–Crippen MR) is 74.4 cm³/mol. The van der Waals surface area contributed by atoms with Gasteiger partial charge in [0.2, 0.25) is 5.28 Å². The highest BCUT2D eigenvalue weighted by Gasteiger charge is 2.24. The van der Waals surface area contributed by atoms with E-state index in [1.807, 2.05) is 26.0 Å². The molecule has 6 nitrogen and oxygen atoms in total. The van der Waals surface area contributed by atoms with Gasteiger partial charge in [0.05, 0.1) is 4.92 Å². The number of benzene rings is 1. The number of aromatic nitrogens is 2. The third-order valence-corrected chi connectivity index (χ3v) is 2.89. The summed E-state index contributed by atoms with van der Waals surface area (Å²) in [5.41, 5.74) is 1.80. The van der Waals surface area contributed by atoms with Crippen LogP contribution in [0.5, 0.6) is 11.6 Å². The zero-order valence-corrected chi connectivity index (χ0v) is 11.9. The van der Waals surface area contributed by atoms with Crippen LogP contribution in [0.15, 0.2) is 18.2 Å². The van der Waals surface area contributed by atoms with Crippen LogP contribution < -0.4 is 4.74 Å². The second-order valence-corrected chi connectivity index (χ2v) is 4.70. The first-order valence-corrected chi connectivity index (χ1v) is 6.20. The van der Waals surface area contributed by atoms with Gasteiger partial charge < -0.3 is 4.74 Å². The van der Waals surface area contributed by atoms with E-state index in [2.05, 4.69) is 9.97 Å². The summed E-state index contributed by atoms with van der Waals surface area (Å²) in [6.45, 7) is 5.29. The Morgan fingerprint density at radius 1 is 1.25 bits per heavy atom. The predicted octanol–water partition coefficient (Wildman–Crippen LogP) is 3.76. The molecule has 0 saturated carbocycles. The number of hydrogen-bond acceptors (Lipinski definition) is 5. The number of nitro groups is 1. The summed E-state index contributed by atoms with van der Waals surface area (Å²) in [6, 6.07) is 5.50. The summed E-state index contributed by atoms with van der Waals surface area (Å²) in [6.07, 6.45) is 0. The van der Waals surface area contributed by atoms with Gasteiger partial charge in [0.25, 0.3) is 0 Å². The van der Waals surface area contributed by atoms with Crippen molar-refractivity contribution >= 4 is 17.3 Å². The van der Waals surface area contributed by atoms with E-state index in [4.69, 9.17) is 16.3 Å². The molecule has 0 fully saturated rings. The number of ether oxygens (including phenoxy) is 1. The first kappa shape index (κ1) is 14.2. The molecule has 1 heterocycles. The Morgan fingerprint density at radius 3 is 2.55 bits per heavy atom. The van der Waals surface area contributed by atoms with Crippen LogP contribution in [0.4, 0.5) is 5.69 Å². The van der Waals surface area contributed by atoms with E-state index in [1.54, 1.807) is 6.07 Å². The van der Waals surface area contributed by atoms with Crippen LogP contribution in [0.1, 0.15) is 16.8 Å². The van der Waals surface area contributed by atoms with Gasteiger partial charge in [-0.25, -0.2) is 4.98 Å². The molecule has 0 N–H and O–H groups in total. The van der Waals surface area contributed by atoms with E-state index in [0.717, 1.165) is 11.1 Å². The van der Waals surface area contributed by atoms with Crippen molar-refractivity contribution in [1.29, 1.82) is 0 Å². The highest BCUT2D eigenvalue weighted by molar-refractivity contribution is 6.28. The molecule has 0 radical (unpaired) electrons. The van der Waals surface area contributed by atoms with Crippen LogP contribution in [-0.2, 0) is 0 Å². The number of rotatable bonds is 3. The van der Waals surface area contributed by atoms with Crippen molar-refractivity contribution in [3.05, 3.63) is 50.4 Å². The normalized spacial score (nSPS) is 10.4. The molecule has 0 spiro atoms. The average molecular weight is 294 g/mol. The average Bonchev–Trinajstić information content (AvgIpc) is 2.31. The van der Waals surface area contributed by atoms with E-state index >= 15 is 0 Å². The number of nitrogens with zero attached hydrogens (tertiary/aromatic N) is 3. The molecular formula is C13H12ClN3O3. The van der Waals surface area contributed by atoms with Crippen molar-refractivity contribution in [2.75, 3.05) is 0 Å². The fraction of sp³-hybridized carbons (Fsp3) is 0.231.